The van der Waals surface area contributed by atoms with Crippen LogP contribution in [0.15, 0.2) is 0 Å². The van der Waals surface area contributed by atoms with Gasteiger partial charge in [0.1, 0.15) is 12.6 Å². The van der Waals surface area contributed by atoms with Crippen molar-refractivity contribution in [3.63, 3.8) is 0 Å². The number of aliphatic hydroxyl groups excluding tert-OH is 1. The van der Waals surface area contributed by atoms with Crippen molar-refractivity contribution in [1.29, 1.82) is 0 Å². The van der Waals surface area contributed by atoms with E-state index < -0.39 is 6.10 Å². The van der Waals surface area contributed by atoms with E-state index >= 15 is 0 Å². The number of Topliss-reactive ketones (excluding diaryl/α,β-unsaturated/α-hetero) is 1. The Bertz CT molecular complexity index is 582. The fraction of sp³-hybridized carbons (Fsp3) is 0.667. The lowest BCUT2D eigenvalue weighted by molar-refractivity contribution is -0.131. The average molecular weight is 309 g/mol. The van der Waals surface area contributed by atoms with Gasteiger partial charge in [-0.25, -0.2) is 0 Å². The summed E-state index contributed by atoms with van der Waals surface area (Å²) < 4.78 is 6.96. The summed E-state index contributed by atoms with van der Waals surface area (Å²) in [5.41, 5.74) is 1.90. The third-order valence-electron chi connectivity index (χ3n) is 3.99. The predicted octanol–water partition coefficient (Wildman–Crippen LogP) is 0.311. The van der Waals surface area contributed by atoms with E-state index in [1.165, 1.54) is 6.92 Å². The third kappa shape index (κ3) is 3.20. The molecular weight excluding hydrogens is 286 g/mol. The van der Waals surface area contributed by atoms with Crippen molar-refractivity contribution in [2.45, 2.75) is 46.4 Å². The predicted molar refractivity (Wildman–Crippen MR) is 79.7 cm³/mol. The maximum absolute atomic E-state index is 12.4. The van der Waals surface area contributed by atoms with E-state index in [9.17, 15) is 14.7 Å². The van der Waals surface area contributed by atoms with Crippen LogP contribution >= 0.6 is 0 Å². The van der Waals surface area contributed by atoms with Gasteiger partial charge in [-0.1, -0.05) is 0 Å². The van der Waals surface area contributed by atoms with Gasteiger partial charge in [-0.3, -0.25) is 14.3 Å². The zero-order valence-electron chi connectivity index (χ0n) is 13.5. The second-order valence-electron chi connectivity index (χ2n) is 5.62. The standard InChI is InChI=1S/C15H23N3O4/c1-5-22-13-7-17(6-12(13)20)14(21)8-18-10(3)15(11(4)19)9(2)16-18/h12-13,20H,5-8H2,1-4H3/t12-,13-/m1/s1. The number of rotatable bonds is 5. The van der Waals surface area contributed by atoms with Crippen molar-refractivity contribution in [3.05, 3.63) is 17.0 Å². The molecule has 0 radical (unpaired) electrons. The summed E-state index contributed by atoms with van der Waals surface area (Å²) in [7, 11) is 0. The van der Waals surface area contributed by atoms with Gasteiger partial charge in [0.05, 0.1) is 17.4 Å². The molecule has 1 aromatic rings. The fourth-order valence-electron chi connectivity index (χ4n) is 2.93. The first kappa shape index (κ1) is 16.6. The van der Waals surface area contributed by atoms with Gasteiger partial charge in [-0.15, -0.1) is 0 Å². The lowest BCUT2D eigenvalue weighted by atomic mass is 10.1. The normalized spacial score (nSPS) is 21.4. The number of likely N-dealkylation sites (tertiary alicyclic amines) is 1. The minimum Gasteiger partial charge on any atom is -0.388 e. The molecule has 0 aliphatic carbocycles. The molecule has 1 fully saturated rings. The molecule has 7 nitrogen and oxygen atoms in total. The molecule has 1 N–H and O–H groups in total. The van der Waals surface area contributed by atoms with E-state index in [0.717, 1.165) is 0 Å². The van der Waals surface area contributed by atoms with Crippen LogP contribution in [0, 0.1) is 13.8 Å². The summed E-state index contributed by atoms with van der Waals surface area (Å²) in [5, 5.41) is 14.2. The Morgan fingerprint density at radius 3 is 2.59 bits per heavy atom. The first-order chi connectivity index (χ1) is 10.3. The van der Waals surface area contributed by atoms with Crippen LogP contribution in [-0.2, 0) is 16.1 Å². The molecule has 0 aromatic carbocycles. The molecule has 2 rings (SSSR count). The highest BCUT2D eigenvalue weighted by Crippen LogP contribution is 2.17. The Morgan fingerprint density at radius 2 is 2.05 bits per heavy atom. The molecule has 122 valence electrons. The van der Waals surface area contributed by atoms with E-state index in [4.69, 9.17) is 4.74 Å². The molecule has 1 amide bonds. The number of ketones is 1. The first-order valence-electron chi connectivity index (χ1n) is 7.47. The minimum atomic E-state index is -0.655. The highest BCUT2D eigenvalue weighted by Gasteiger charge is 2.34. The smallest absolute Gasteiger partial charge is 0.244 e. The van der Waals surface area contributed by atoms with Gasteiger partial charge >= 0.3 is 0 Å². The van der Waals surface area contributed by atoms with Gasteiger partial charge in [0.25, 0.3) is 0 Å². The number of nitrogens with zero attached hydrogens (tertiary/aromatic N) is 3. The van der Waals surface area contributed by atoms with Gasteiger partial charge in [-0.2, -0.15) is 5.10 Å². The Balaban J connectivity index is 2.07. The molecular formula is C15H23N3O4. The van der Waals surface area contributed by atoms with Gasteiger partial charge in [0, 0.05) is 25.4 Å². The van der Waals surface area contributed by atoms with Crippen molar-refractivity contribution in [2.24, 2.45) is 0 Å². The van der Waals surface area contributed by atoms with E-state index in [1.807, 2.05) is 6.92 Å². The number of β-amino-alcohol motifs (C(OH)–C–C–N with tert-alkyl or cyclic N) is 1. The monoisotopic (exact) mass is 309 g/mol. The largest absolute Gasteiger partial charge is 0.388 e. The van der Waals surface area contributed by atoms with Crippen molar-refractivity contribution < 1.29 is 19.4 Å². The van der Waals surface area contributed by atoms with Gasteiger partial charge in [-0.05, 0) is 27.7 Å². The van der Waals surface area contributed by atoms with Gasteiger partial charge in [0.15, 0.2) is 5.78 Å². The summed E-state index contributed by atoms with van der Waals surface area (Å²) >= 11 is 0. The Morgan fingerprint density at radius 1 is 1.36 bits per heavy atom. The van der Waals surface area contributed by atoms with Crippen molar-refractivity contribution in [3.8, 4) is 0 Å². The molecule has 7 heteroatoms. The van der Waals surface area contributed by atoms with Crippen molar-refractivity contribution in [1.82, 2.24) is 14.7 Å². The van der Waals surface area contributed by atoms with Crippen molar-refractivity contribution in [2.75, 3.05) is 19.7 Å². The van der Waals surface area contributed by atoms with E-state index in [-0.39, 0.29) is 30.9 Å². The maximum Gasteiger partial charge on any atom is 0.244 e. The molecule has 1 aliphatic heterocycles. The van der Waals surface area contributed by atoms with E-state index in [2.05, 4.69) is 5.10 Å². The molecule has 2 heterocycles. The number of aliphatic hydroxyl groups is 1. The minimum absolute atomic E-state index is 0.0540. The van der Waals surface area contributed by atoms with Crippen LogP contribution in [0.2, 0.25) is 0 Å². The number of amides is 1. The molecule has 0 spiro atoms. The van der Waals surface area contributed by atoms with Crippen LogP contribution in [0.5, 0.6) is 0 Å². The Kier molecular flexibility index (Phi) is 4.97. The van der Waals surface area contributed by atoms with Crippen molar-refractivity contribution >= 4 is 11.7 Å². The Hall–Kier alpha value is -1.73. The average Bonchev–Trinajstić information content (AvgIpc) is 2.92. The van der Waals surface area contributed by atoms with Crippen LogP contribution in [-0.4, -0.2) is 63.4 Å². The number of hydrogen-bond acceptors (Lipinski definition) is 5. The van der Waals surface area contributed by atoms with Crippen LogP contribution in [0.4, 0.5) is 0 Å². The molecule has 1 aliphatic rings. The number of carbonyl (C=O) groups excluding carboxylic acids is 2. The highest BCUT2D eigenvalue weighted by molar-refractivity contribution is 5.96. The number of ether oxygens (including phenoxy) is 1. The lowest BCUT2D eigenvalue weighted by Gasteiger charge is -2.16. The lowest BCUT2D eigenvalue weighted by Crippen LogP contribution is -2.33. The second kappa shape index (κ2) is 6.58. The summed E-state index contributed by atoms with van der Waals surface area (Å²) in [6.45, 7) is 8.11. The van der Waals surface area contributed by atoms with E-state index in [0.29, 0.717) is 30.1 Å². The SMILES string of the molecule is CCO[C@@H]1CN(C(=O)Cn2nc(C)c(C(C)=O)c2C)C[C@H]1O. The van der Waals surface area contributed by atoms with Gasteiger partial charge < -0.3 is 14.7 Å². The second-order valence-corrected chi connectivity index (χ2v) is 5.62. The maximum atomic E-state index is 12.4. The summed E-state index contributed by atoms with van der Waals surface area (Å²) in [6, 6.07) is 0. The molecule has 0 unspecified atom stereocenters. The zero-order valence-corrected chi connectivity index (χ0v) is 13.5. The molecule has 1 saturated heterocycles. The summed E-state index contributed by atoms with van der Waals surface area (Å²) in [6.07, 6.45) is -0.987. The molecule has 2 atom stereocenters. The zero-order chi connectivity index (χ0) is 16.4. The number of carbonyl (C=O) groups is 2. The Labute approximate surface area is 129 Å². The molecule has 1 aromatic heterocycles. The summed E-state index contributed by atoms with van der Waals surface area (Å²) in [5.74, 6) is -0.191. The highest BCUT2D eigenvalue weighted by atomic mass is 16.5. The van der Waals surface area contributed by atoms with Crippen LogP contribution in [0.1, 0.15) is 35.6 Å². The van der Waals surface area contributed by atoms with Crippen LogP contribution < -0.4 is 0 Å². The fourth-order valence-corrected chi connectivity index (χ4v) is 2.93. The third-order valence-corrected chi connectivity index (χ3v) is 3.99. The first-order valence-corrected chi connectivity index (χ1v) is 7.47. The quantitative estimate of drug-likeness (QED) is 0.791. The molecule has 0 saturated carbocycles. The van der Waals surface area contributed by atoms with Crippen LogP contribution in [0.25, 0.3) is 0 Å². The molecule has 22 heavy (non-hydrogen) atoms. The number of aryl methyl sites for hydroxylation is 1. The van der Waals surface area contributed by atoms with Gasteiger partial charge in [0.2, 0.25) is 5.91 Å². The van der Waals surface area contributed by atoms with Crippen LogP contribution in [0.3, 0.4) is 0 Å². The summed E-state index contributed by atoms with van der Waals surface area (Å²) in [4.78, 5) is 25.5. The topological polar surface area (TPSA) is 84.7 Å². The van der Waals surface area contributed by atoms with E-state index in [1.54, 1.807) is 23.4 Å². The number of aromatic nitrogens is 2. The number of hydrogen-bond donors (Lipinski definition) is 1. The molecule has 0 bridgehead atoms.